The molecule has 0 aliphatic carbocycles. The maximum Gasteiger partial charge on any atom is 0.434 e. The number of carbonyl (C=O) groups excluding carboxylic acids is 1. The average Bonchev–Trinajstić information content (AvgIpc) is 3.23. The Morgan fingerprint density at radius 3 is 2.54 bits per heavy atom. The van der Waals surface area contributed by atoms with Gasteiger partial charge in [-0.3, -0.25) is 4.79 Å². The van der Waals surface area contributed by atoms with Gasteiger partial charge in [-0.2, -0.15) is 13.2 Å². The van der Waals surface area contributed by atoms with Crippen LogP contribution in [0.15, 0.2) is 6.20 Å². The van der Waals surface area contributed by atoms with Crippen molar-refractivity contribution in [3.8, 4) is 0 Å². The number of halogens is 3. The van der Waals surface area contributed by atoms with E-state index in [0.29, 0.717) is 6.42 Å². The van der Waals surface area contributed by atoms with Crippen LogP contribution in [0.25, 0.3) is 0 Å². The van der Waals surface area contributed by atoms with E-state index in [4.69, 9.17) is 4.74 Å². The summed E-state index contributed by atoms with van der Waals surface area (Å²) in [6.45, 7) is -0.304. The number of aromatic nitrogens is 2. The number of amides is 1. The number of nitrogens with one attached hydrogen (secondary N) is 1. The van der Waals surface area contributed by atoms with E-state index in [9.17, 15) is 26.4 Å². The number of ether oxygens (including phenoxy) is 1. The molecule has 3 saturated heterocycles. The van der Waals surface area contributed by atoms with E-state index in [-0.39, 0.29) is 48.8 Å². The van der Waals surface area contributed by atoms with E-state index in [2.05, 4.69) is 15.3 Å². The molecule has 154 valence electrons. The third kappa shape index (κ3) is 3.79. The number of hydrogen-bond donors (Lipinski definition) is 1. The maximum atomic E-state index is 13.5. The minimum Gasteiger partial charge on any atom is -0.373 e. The molecule has 1 aromatic rings. The van der Waals surface area contributed by atoms with Gasteiger partial charge in [-0.1, -0.05) is 0 Å². The number of nitrogens with zero attached hydrogens (tertiary/aromatic N) is 3. The summed E-state index contributed by atoms with van der Waals surface area (Å²) in [6.07, 6.45) is -1.49. The van der Waals surface area contributed by atoms with E-state index < -0.39 is 33.2 Å². The molecule has 1 amide bonds. The summed E-state index contributed by atoms with van der Waals surface area (Å²) in [5.74, 6) is -1.67. The van der Waals surface area contributed by atoms with E-state index in [0.717, 1.165) is 23.9 Å². The van der Waals surface area contributed by atoms with Crippen molar-refractivity contribution >= 4 is 21.7 Å². The van der Waals surface area contributed by atoms with Crippen molar-refractivity contribution in [1.29, 1.82) is 0 Å². The first-order chi connectivity index (χ1) is 13.1. The van der Waals surface area contributed by atoms with Crippen LogP contribution in [0.3, 0.4) is 0 Å². The molecule has 0 saturated carbocycles. The number of rotatable bonds is 3. The van der Waals surface area contributed by atoms with Gasteiger partial charge in [-0.25, -0.2) is 18.4 Å². The molecule has 1 aromatic heterocycles. The summed E-state index contributed by atoms with van der Waals surface area (Å²) in [6, 6.07) is -0.159. The number of alkyl halides is 3. The average molecular weight is 420 g/mol. The summed E-state index contributed by atoms with van der Waals surface area (Å²) >= 11 is 0. The summed E-state index contributed by atoms with van der Waals surface area (Å²) in [4.78, 5) is 21.1. The van der Waals surface area contributed by atoms with Gasteiger partial charge in [0, 0.05) is 19.3 Å². The maximum absolute atomic E-state index is 13.5. The normalized spacial score (nSPS) is 29.1. The first-order valence-electron chi connectivity index (χ1n) is 8.98. The topological polar surface area (TPSA) is 101 Å². The minimum absolute atomic E-state index is 0.0699. The summed E-state index contributed by atoms with van der Waals surface area (Å²) in [5.41, 5.74) is -2.01. The fourth-order valence-electron chi connectivity index (χ4n) is 3.87. The largest absolute Gasteiger partial charge is 0.434 e. The number of sulfone groups is 1. The van der Waals surface area contributed by atoms with Crippen molar-refractivity contribution in [3.63, 3.8) is 0 Å². The third-order valence-electron chi connectivity index (χ3n) is 5.34. The van der Waals surface area contributed by atoms with Gasteiger partial charge in [0.2, 0.25) is 5.95 Å². The SMILES string of the molecule is O=C(c1cnc(N[C@H]2C[C@@H]3CC[C@H]2O3)nc1C(F)(F)F)N1CCS(=O)(=O)CC1. The predicted molar refractivity (Wildman–Crippen MR) is 91.5 cm³/mol. The van der Waals surface area contributed by atoms with Gasteiger partial charge < -0.3 is 15.0 Å². The Bertz CT molecular complexity index is 878. The predicted octanol–water partition coefficient (Wildman–Crippen LogP) is 1.10. The number of hydrogen-bond acceptors (Lipinski definition) is 7. The Morgan fingerprint density at radius 2 is 1.96 bits per heavy atom. The smallest absolute Gasteiger partial charge is 0.373 e. The highest BCUT2D eigenvalue weighted by atomic mass is 32.2. The van der Waals surface area contributed by atoms with Crippen LogP contribution in [0.2, 0.25) is 0 Å². The molecule has 3 atom stereocenters. The lowest BCUT2D eigenvalue weighted by Gasteiger charge is -2.27. The molecule has 4 rings (SSSR count). The summed E-state index contributed by atoms with van der Waals surface area (Å²) in [7, 11) is -3.26. The van der Waals surface area contributed by atoms with E-state index >= 15 is 0 Å². The first kappa shape index (κ1) is 19.4. The van der Waals surface area contributed by atoms with Crippen LogP contribution < -0.4 is 5.32 Å². The Kier molecular flexibility index (Phi) is 4.73. The molecule has 4 heterocycles. The van der Waals surface area contributed by atoms with Crippen molar-refractivity contribution < 1.29 is 31.1 Å². The zero-order valence-corrected chi connectivity index (χ0v) is 15.6. The van der Waals surface area contributed by atoms with Gasteiger partial charge in [0.25, 0.3) is 5.91 Å². The highest BCUT2D eigenvalue weighted by molar-refractivity contribution is 7.91. The molecular formula is C16H19F3N4O4S. The van der Waals surface area contributed by atoms with Crippen molar-refractivity contribution in [3.05, 3.63) is 17.5 Å². The quantitative estimate of drug-likeness (QED) is 0.781. The molecule has 28 heavy (non-hydrogen) atoms. The molecule has 0 aromatic carbocycles. The second-order valence-corrected chi connectivity index (χ2v) is 9.56. The molecule has 0 radical (unpaired) electrons. The number of anilines is 1. The lowest BCUT2D eigenvalue weighted by molar-refractivity contribution is -0.141. The van der Waals surface area contributed by atoms with E-state index in [1.807, 2.05) is 0 Å². The monoisotopic (exact) mass is 420 g/mol. The fraction of sp³-hybridized carbons (Fsp3) is 0.688. The van der Waals surface area contributed by atoms with Crippen LogP contribution >= 0.6 is 0 Å². The zero-order valence-electron chi connectivity index (χ0n) is 14.8. The Morgan fingerprint density at radius 1 is 1.25 bits per heavy atom. The van der Waals surface area contributed by atoms with E-state index in [1.165, 1.54) is 0 Å². The number of fused-ring (bicyclic) bond motifs is 2. The van der Waals surface area contributed by atoms with Crippen LogP contribution in [0.1, 0.15) is 35.3 Å². The molecule has 2 bridgehead atoms. The van der Waals surface area contributed by atoms with Crippen molar-refractivity contribution in [2.75, 3.05) is 29.9 Å². The van der Waals surface area contributed by atoms with Gasteiger partial charge in [-0.15, -0.1) is 0 Å². The second-order valence-electron chi connectivity index (χ2n) is 7.26. The third-order valence-corrected chi connectivity index (χ3v) is 6.95. The van der Waals surface area contributed by atoms with Gasteiger partial charge in [0.15, 0.2) is 15.5 Å². The van der Waals surface area contributed by atoms with Crippen LogP contribution in [-0.4, -0.2) is 72.0 Å². The van der Waals surface area contributed by atoms with Crippen molar-refractivity contribution in [2.45, 2.75) is 43.7 Å². The van der Waals surface area contributed by atoms with Crippen LogP contribution in [-0.2, 0) is 20.8 Å². The van der Waals surface area contributed by atoms with E-state index in [1.54, 1.807) is 0 Å². The Hall–Kier alpha value is -1.95. The van der Waals surface area contributed by atoms with Crippen molar-refractivity contribution in [2.24, 2.45) is 0 Å². The second kappa shape index (κ2) is 6.83. The molecule has 3 fully saturated rings. The van der Waals surface area contributed by atoms with Gasteiger partial charge in [0.05, 0.1) is 35.3 Å². The van der Waals surface area contributed by atoms with Crippen LogP contribution in [0.4, 0.5) is 19.1 Å². The molecule has 1 N–H and O–H groups in total. The highest BCUT2D eigenvalue weighted by Gasteiger charge is 2.43. The molecular weight excluding hydrogens is 401 g/mol. The Labute approximate surface area is 159 Å². The van der Waals surface area contributed by atoms with Gasteiger partial charge >= 0.3 is 6.18 Å². The number of carbonyl (C=O) groups is 1. The first-order valence-corrected chi connectivity index (χ1v) is 10.8. The Balaban J connectivity index is 1.56. The summed E-state index contributed by atoms with van der Waals surface area (Å²) in [5, 5.41) is 2.89. The highest BCUT2D eigenvalue weighted by Crippen LogP contribution is 2.36. The fourth-order valence-corrected chi connectivity index (χ4v) is 5.07. The lowest BCUT2D eigenvalue weighted by atomic mass is 9.96. The van der Waals surface area contributed by atoms with Crippen molar-refractivity contribution in [1.82, 2.24) is 14.9 Å². The molecule has 3 aliphatic rings. The molecule has 3 aliphatic heterocycles. The van der Waals surface area contributed by atoms with Gasteiger partial charge in [-0.05, 0) is 19.3 Å². The van der Waals surface area contributed by atoms with Crippen LogP contribution in [0, 0.1) is 0 Å². The standard InChI is InChI=1S/C16H19F3N4O4S/c17-16(18,19)13-10(14(24)23-3-5-28(25,26)6-4-23)8-20-15(22-13)21-11-7-9-1-2-12(11)27-9/h8-9,11-12H,1-7H2,(H,20,21,22)/t9-,11-,12+/m0/s1. The molecule has 0 spiro atoms. The molecule has 8 nitrogen and oxygen atoms in total. The summed E-state index contributed by atoms with van der Waals surface area (Å²) < 4.78 is 69.2. The minimum atomic E-state index is -4.85. The lowest BCUT2D eigenvalue weighted by Crippen LogP contribution is -2.44. The molecule has 0 unspecified atom stereocenters. The molecule has 12 heteroatoms. The van der Waals surface area contributed by atoms with Crippen LogP contribution in [0.5, 0.6) is 0 Å². The van der Waals surface area contributed by atoms with Gasteiger partial charge in [0.1, 0.15) is 0 Å². The zero-order chi connectivity index (χ0) is 20.1.